The molecule has 15 heavy (non-hydrogen) atoms. The molecule has 0 radical (unpaired) electrons. The topological polar surface area (TPSA) is 9.23 Å². The number of ether oxygens (including phenoxy) is 1. The molecule has 0 saturated heterocycles. The average molecular weight is 324 g/mol. The Morgan fingerprint density at radius 1 is 1.20 bits per heavy atom. The third-order valence-electron chi connectivity index (χ3n) is 3.57. The summed E-state index contributed by atoms with van der Waals surface area (Å²) < 4.78 is 7.26. The molecule has 0 N–H and O–H groups in total. The Balaban J connectivity index is 2.36. The van der Waals surface area contributed by atoms with Crippen LogP contribution in [0.1, 0.15) is 58.8 Å². The van der Waals surface area contributed by atoms with Gasteiger partial charge < -0.3 is 4.74 Å². The van der Waals surface area contributed by atoms with E-state index >= 15 is 0 Å². The average Bonchev–Trinajstić information content (AvgIpc) is 2.29. The van der Waals surface area contributed by atoms with Crippen molar-refractivity contribution in [2.75, 3.05) is 11.0 Å². The maximum Gasteiger partial charge on any atom is 0.0771 e. The van der Waals surface area contributed by atoms with Crippen LogP contribution in [-0.4, -0.2) is 16.6 Å². The van der Waals surface area contributed by atoms with Gasteiger partial charge in [-0.15, -0.1) is 0 Å². The van der Waals surface area contributed by atoms with Crippen LogP contribution in [0.15, 0.2) is 0 Å². The van der Waals surface area contributed by atoms with Crippen LogP contribution >= 0.6 is 22.6 Å². The molecule has 1 saturated carbocycles. The molecule has 1 nitrogen and oxygen atoms in total. The lowest BCUT2D eigenvalue weighted by Crippen LogP contribution is -2.39. The number of halogens is 1. The molecule has 0 aromatic rings. The van der Waals surface area contributed by atoms with Crippen LogP contribution in [0.4, 0.5) is 0 Å². The van der Waals surface area contributed by atoms with Gasteiger partial charge in [0.05, 0.1) is 5.60 Å². The van der Waals surface area contributed by atoms with Gasteiger partial charge in [-0.1, -0.05) is 49.3 Å². The molecule has 2 heteroatoms. The van der Waals surface area contributed by atoms with E-state index in [1.165, 1.54) is 43.0 Å². The summed E-state index contributed by atoms with van der Waals surface area (Å²) in [6.07, 6.45) is 9.28. The van der Waals surface area contributed by atoms with Crippen molar-refractivity contribution in [3.8, 4) is 0 Å². The normalized spacial score (nSPS) is 31.8. The van der Waals surface area contributed by atoms with Crippen LogP contribution in [0, 0.1) is 5.92 Å². The van der Waals surface area contributed by atoms with E-state index in [9.17, 15) is 0 Å². The predicted molar refractivity (Wildman–Crippen MR) is 74.7 cm³/mol. The van der Waals surface area contributed by atoms with Gasteiger partial charge in [0.2, 0.25) is 0 Å². The Morgan fingerprint density at radius 2 is 1.87 bits per heavy atom. The maximum atomic E-state index is 6.09. The Hall–Kier alpha value is 0.690. The monoisotopic (exact) mass is 324 g/mol. The predicted octanol–water partition coefficient (Wildman–Crippen LogP) is 4.58. The molecule has 1 aliphatic rings. The van der Waals surface area contributed by atoms with E-state index in [-0.39, 0.29) is 5.60 Å². The van der Waals surface area contributed by atoms with Crippen molar-refractivity contribution < 1.29 is 4.74 Å². The van der Waals surface area contributed by atoms with Crippen molar-refractivity contribution in [3.63, 3.8) is 0 Å². The van der Waals surface area contributed by atoms with E-state index in [0.717, 1.165) is 18.9 Å². The minimum atomic E-state index is 0.237. The Bertz CT molecular complexity index is 162. The highest BCUT2D eigenvalue weighted by Crippen LogP contribution is 2.38. The fraction of sp³-hybridized carbons (Fsp3) is 1.00. The number of alkyl halides is 1. The first-order valence-corrected chi connectivity index (χ1v) is 7.99. The Labute approximate surface area is 108 Å². The zero-order chi connectivity index (χ0) is 11.1. The minimum absolute atomic E-state index is 0.237. The first kappa shape index (κ1) is 13.8. The standard InChI is InChI=1S/C13H25IO/c1-3-5-12-6-8-13(11-14,9-7-12)15-10-4-2/h12H,3-11H2,1-2H3. The van der Waals surface area contributed by atoms with Crippen molar-refractivity contribution in [3.05, 3.63) is 0 Å². The number of hydrogen-bond acceptors (Lipinski definition) is 1. The van der Waals surface area contributed by atoms with Crippen molar-refractivity contribution in [1.82, 2.24) is 0 Å². The lowest BCUT2D eigenvalue weighted by Gasteiger charge is -2.39. The zero-order valence-corrected chi connectivity index (χ0v) is 12.4. The van der Waals surface area contributed by atoms with Gasteiger partial charge in [0.25, 0.3) is 0 Å². The summed E-state index contributed by atoms with van der Waals surface area (Å²) in [7, 11) is 0. The van der Waals surface area contributed by atoms with Crippen LogP contribution < -0.4 is 0 Å². The molecule has 0 spiro atoms. The van der Waals surface area contributed by atoms with Gasteiger partial charge in [0.15, 0.2) is 0 Å². The number of hydrogen-bond donors (Lipinski definition) is 0. The largest absolute Gasteiger partial charge is 0.374 e. The summed E-state index contributed by atoms with van der Waals surface area (Å²) in [5, 5.41) is 0. The smallest absolute Gasteiger partial charge is 0.0771 e. The van der Waals surface area contributed by atoms with Crippen molar-refractivity contribution in [2.45, 2.75) is 64.4 Å². The molecule has 1 fully saturated rings. The second kappa shape index (κ2) is 7.10. The molecule has 0 aromatic heterocycles. The molecule has 0 atom stereocenters. The van der Waals surface area contributed by atoms with Gasteiger partial charge in [0, 0.05) is 11.0 Å². The van der Waals surface area contributed by atoms with E-state index in [2.05, 4.69) is 36.4 Å². The van der Waals surface area contributed by atoms with Crippen molar-refractivity contribution >= 4 is 22.6 Å². The van der Waals surface area contributed by atoms with Crippen molar-refractivity contribution in [1.29, 1.82) is 0 Å². The summed E-state index contributed by atoms with van der Waals surface area (Å²) in [6.45, 7) is 5.44. The highest BCUT2D eigenvalue weighted by molar-refractivity contribution is 14.1. The van der Waals surface area contributed by atoms with Crippen LogP contribution in [0.2, 0.25) is 0 Å². The summed E-state index contributed by atoms with van der Waals surface area (Å²) in [5.74, 6) is 0.983. The lowest BCUT2D eigenvalue weighted by molar-refractivity contribution is -0.0590. The molecular weight excluding hydrogens is 299 g/mol. The molecule has 0 aromatic carbocycles. The van der Waals surface area contributed by atoms with Gasteiger partial charge >= 0.3 is 0 Å². The second-order valence-electron chi connectivity index (χ2n) is 4.90. The van der Waals surface area contributed by atoms with E-state index in [1.807, 2.05) is 0 Å². The summed E-state index contributed by atoms with van der Waals surface area (Å²) in [6, 6.07) is 0. The van der Waals surface area contributed by atoms with E-state index < -0.39 is 0 Å². The third kappa shape index (κ3) is 4.22. The number of rotatable bonds is 6. The van der Waals surface area contributed by atoms with Crippen LogP contribution in [0.5, 0.6) is 0 Å². The van der Waals surface area contributed by atoms with Gasteiger partial charge in [-0.2, -0.15) is 0 Å². The summed E-state index contributed by atoms with van der Waals surface area (Å²) >= 11 is 2.50. The molecule has 0 bridgehead atoms. The Kier molecular flexibility index (Phi) is 6.51. The molecule has 1 aliphatic carbocycles. The fourth-order valence-corrected chi connectivity index (χ4v) is 3.52. The fourth-order valence-electron chi connectivity index (χ4n) is 2.54. The minimum Gasteiger partial charge on any atom is -0.374 e. The maximum absolute atomic E-state index is 6.09. The quantitative estimate of drug-likeness (QED) is 0.513. The van der Waals surface area contributed by atoms with Crippen LogP contribution in [0.25, 0.3) is 0 Å². The summed E-state index contributed by atoms with van der Waals surface area (Å²) in [5.41, 5.74) is 0.237. The van der Waals surface area contributed by atoms with Crippen molar-refractivity contribution in [2.24, 2.45) is 5.92 Å². The molecular formula is C13H25IO. The van der Waals surface area contributed by atoms with Crippen LogP contribution in [-0.2, 0) is 4.74 Å². The molecule has 0 heterocycles. The lowest BCUT2D eigenvalue weighted by atomic mass is 9.78. The van der Waals surface area contributed by atoms with Gasteiger partial charge in [-0.25, -0.2) is 0 Å². The van der Waals surface area contributed by atoms with E-state index in [0.29, 0.717) is 0 Å². The highest BCUT2D eigenvalue weighted by atomic mass is 127. The first-order chi connectivity index (χ1) is 7.26. The van der Waals surface area contributed by atoms with Gasteiger partial charge in [0.1, 0.15) is 0 Å². The zero-order valence-electron chi connectivity index (χ0n) is 10.2. The van der Waals surface area contributed by atoms with E-state index in [1.54, 1.807) is 0 Å². The SMILES string of the molecule is CCCOC1(CI)CCC(CCC)CC1. The van der Waals surface area contributed by atoms with E-state index in [4.69, 9.17) is 4.74 Å². The molecule has 1 rings (SSSR count). The van der Waals surface area contributed by atoms with Gasteiger partial charge in [-0.3, -0.25) is 0 Å². The highest BCUT2D eigenvalue weighted by Gasteiger charge is 2.34. The Morgan fingerprint density at radius 3 is 2.33 bits per heavy atom. The molecule has 0 unspecified atom stereocenters. The molecule has 90 valence electrons. The summed E-state index contributed by atoms with van der Waals surface area (Å²) in [4.78, 5) is 0. The van der Waals surface area contributed by atoms with Crippen LogP contribution in [0.3, 0.4) is 0 Å². The molecule has 0 amide bonds. The second-order valence-corrected chi connectivity index (χ2v) is 5.66. The first-order valence-electron chi connectivity index (χ1n) is 6.46. The third-order valence-corrected chi connectivity index (χ3v) is 4.96. The molecule has 0 aliphatic heterocycles. The van der Waals surface area contributed by atoms with Gasteiger partial charge in [-0.05, 0) is 38.0 Å².